The van der Waals surface area contributed by atoms with Crippen LogP contribution in [0.15, 0.2) is 42.6 Å². The van der Waals surface area contributed by atoms with E-state index in [0.717, 1.165) is 0 Å². The fourth-order valence-corrected chi connectivity index (χ4v) is 5.09. The molecule has 0 saturated carbocycles. The lowest BCUT2D eigenvalue weighted by Gasteiger charge is -2.39. The van der Waals surface area contributed by atoms with Gasteiger partial charge in [-0.1, -0.05) is 18.2 Å². The van der Waals surface area contributed by atoms with Crippen molar-refractivity contribution in [1.82, 2.24) is 9.47 Å². The number of likely N-dealkylation sites (tertiary alicyclic amines) is 1. The van der Waals surface area contributed by atoms with Gasteiger partial charge in [-0.25, -0.2) is 4.85 Å². The molecular weight excluding hydrogens is 527 g/mol. The molecule has 40 heavy (non-hydrogen) atoms. The molecule has 0 aliphatic carbocycles. The Kier molecular flexibility index (Phi) is 8.61. The third-order valence-electron chi connectivity index (χ3n) is 7.18. The summed E-state index contributed by atoms with van der Waals surface area (Å²) < 4.78 is 61.3. The van der Waals surface area contributed by atoms with Gasteiger partial charge in [-0.3, -0.25) is 9.69 Å². The van der Waals surface area contributed by atoms with Gasteiger partial charge in [0.1, 0.15) is 6.10 Å². The molecule has 11 heteroatoms. The van der Waals surface area contributed by atoms with E-state index in [-0.39, 0.29) is 29.4 Å². The molecule has 1 aliphatic rings. The lowest BCUT2D eigenvalue weighted by molar-refractivity contribution is -0.272. The monoisotopic (exact) mass is 559 g/mol. The van der Waals surface area contributed by atoms with E-state index < -0.39 is 18.3 Å². The largest absolute Gasteiger partial charge is 0.493 e. The number of piperidine rings is 1. The zero-order chi connectivity index (χ0) is 29.1. The van der Waals surface area contributed by atoms with Crippen molar-refractivity contribution < 1.29 is 37.3 Å². The fourth-order valence-electron chi connectivity index (χ4n) is 5.09. The van der Waals surface area contributed by atoms with Crippen LogP contribution in [0.3, 0.4) is 0 Å². The lowest BCUT2D eigenvalue weighted by atomic mass is 9.91. The van der Waals surface area contributed by atoms with Crippen molar-refractivity contribution in [1.29, 1.82) is 0 Å². The third kappa shape index (κ3) is 6.03. The quantitative estimate of drug-likeness (QED) is 0.289. The minimum absolute atomic E-state index is 0.0996. The highest BCUT2D eigenvalue weighted by atomic mass is 19.4. The number of hydrogen-bond acceptors (Lipinski definition) is 6. The summed E-state index contributed by atoms with van der Waals surface area (Å²) in [7, 11) is 3.09. The van der Waals surface area contributed by atoms with Crippen LogP contribution < -0.4 is 9.47 Å². The number of ether oxygens (including phenoxy) is 3. The Hall–Kier alpha value is -3.75. The van der Waals surface area contributed by atoms with Crippen molar-refractivity contribution in [2.75, 3.05) is 33.4 Å². The van der Waals surface area contributed by atoms with E-state index in [0.29, 0.717) is 60.8 Å². The first kappa shape index (κ1) is 29.2. The highest BCUT2D eigenvalue weighted by Crippen LogP contribution is 2.44. The zero-order valence-electron chi connectivity index (χ0n) is 22.6. The van der Waals surface area contributed by atoms with Crippen molar-refractivity contribution in [3.8, 4) is 11.5 Å². The molecule has 1 N–H and O–H groups in total. The maximum Gasteiger partial charge on any atom is 0.422 e. The molecule has 1 saturated heterocycles. The van der Waals surface area contributed by atoms with Gasteiger partial charge < -0.3 is 23.9 Å². The standard InChI is InChI=1S/C29H32F3N3O5/c1-5-39-27(36)15-19-6-9-25(26(14-19)38-4)40-21-10-12-35(13-11-21)18-28(37,29(30,31)32)23-17-34(3)24-16-20(33-2)7-8-22(23)24/h6-9,14,16-17,21,37H,5,10-13,15,18H2,1,3-4H3. The second-order valence-corrected chi connectivity index (χ2v) is 9.89. The average Bonchev–Trinajstić information content (AvgIpc) is 3.26. The van der Waals surface area contributed by atoms with E-state index in [2.05, 4.69) is 4.85 Å². The first-order valence-corrected chi connectivity index (χ1v) is 13.0. The summed E-state index contributed by atoms with van der Waals surface area (Å²) in [5.41, 5.74) is -1.87. The topological polar surface area (TPSA) is 77.5 Å². The molecule has 3 aromatic rings. The lowest BCUT2D eigenvalue weighted by Crippen LogP contribution is -2.53. The van der Waals surface area contributed by atoms with Gasteiger partial charge in [-0.05, 0) is 43.5 Å². The molecule has 0 radical (unpaired) electrons. The number of β-amino-alcohol motifs (C(OH)–C–C–N with tert-alkyl or cyclic N) is 1. The van der Waals surface area contributed by atoms with Gasteiger partial charge in [-0.15, -0.1) is 0 Å². The van der Waals surface area contributed by atoms with E-state index in [1.807, 2.05) is 0 Å². The molecule has 4 rings (SSSR count). The Morgan fingerprint density at radius 2 is 1.88 bits per heavy atom. The van der Waals surface area contributed by atoms with Crippen LogP contribution in [0.1, 0.15) is 30.9 Å². The maximum absolute atomic E-state index is 14.4. The SMILES string of the molecule is [C-]#[N+]c1ccc2c(C(O)(CN3CCC(Oc4ccc(CC(=O)OCC)cc4OC)CC3)C(F)(F)F)cn(C)c2c1. The summed E-state index contributed by atoms with van der Waals surface area (Å²) in [6.07, 6.45) is -2.89. The van der Waals surface area contributed by atoms with E-state index in [4.69, 9.17) is 20.8 Å². The number of alkyl halides is 3. The molecule has 1 atom stereocenters. The van der Waals surface area contributed by atoms with Gasteiger partial charge in [0.2, 0.25) is 5.60 Å². The number of hydrogen-bond donors (Lipinski definition) is 1. The van der Waals surface area contributed by atoms with Crippen molar-refractivity contribution in [3.05, 3.63) is 65.1 Å². The van der Waals surface area contributed by atoms with Crippen molar-refractivity contribution in [3.63, 3.8) is 0 Å². The number of benzene rings is 2. The minimum Gasteiger partial charge on any atom is -0.493 e. The fraction of sp³-hybridized carbons (Fsp3) is 0.448. The van der Waals surface area contributed by atoms with Crippen LogP contribution in [0.25, 0.3) is 15.7 Å². The summed E-state index contributed by atoms with van der Waals surface area (Å²) in [4.78, 5) is 16.7. The Labute approximate surface area is 230 Å². The first-order valence-electron chi connectivity index (χ1n) is 13.0. The number of carbonyl (C=O) groups excluding carboxylic acids is 1. The van der Waals surface area contributed by atoms with E-state index in [9.17, 15) is 23.1 Å². The third-order valence-corrected chi connectivity index (χ3v) is 7.18. The molecule has 214 valence electrons. The van der Waals surface area contributed by atoms with Crippen LogP contribution in [0.5, 0.6) is 11.5 Å². The van der Waals surface area contributed by atoms with Crippen LogP contribution in [0.2, 0.25) is 0 Å². The van der Waals surface area contributed by atoms with Gasteiger partial charge in [0.05, 0.1) is 26.7 Å². The number of aromatic nitrogens is 1. The Balaban J connectivity index is 1.46. The summed E-state index contributed by atoms with van der Waals surface area (Å²) >= 11 is 0. The highest BCUT2D eigenvalue weighted by Gasteiger charge is 2.57. The Morgan fingerprint density at radius 3 is 2.50 bits per heavy atom. The number of methoxy groups -OCH3 is 1. The second-order valence-electron chi connectivity index (χ2n) is 9.89. The summed E-state index contributed by atoms with van der Waals surface area (Å²) in [5, 5.41) is 11.4. The predicted molar refractivity (Wildman–Crippen MR) is 143 cm³/mol. The number of nitrogens with zero attached hydrogens (tertiary/aromatic N) is 3. The molecule has 1 unspecified atom stereocenters. The number of carbonyl (C=O) groups is 1. The number of aryl methyl sites for hydroxylation is 1. The molecule has 2 heterocycles. The van der Waals surface area contributed by atoms with Gasteiger partial charge in [0.25, 0.3) is 0 Å². The molecule has 2 aromatic carbocycles. The summed E-state index contributed by atoms with van der Waals surface area (Å²) in [6.45, 7) is 9.18. The van der Waals surface area contributed by atoms with Crippen molar-refractivity contribution in [2.24, 2.45) is 7.05 Å². The van der Waals surface area contributed by atoms with Crippen LogP contribution in [0, 0.1) is 6.57 Å². The number of esters is 1. The number of fused-ring (bicyclic) bond motifs is 1. The van der Waals surface area contributed by atoms with Crippen LogP contribution in [0.4, 0.5) is 18.9 Å². The van der Waals surface area contributed by atoms with Crippen LogP contribution in [-0.2, 0) is 28.6 Å². The predicted octanol–water partition coefficient (Wildman–Crippen LogP) is 5.14. The molecule has 0 amide bonds. The molecule has 1 aliphatic heterocycles. The Bertz CT molecular complexity index is 1410. The maximum atomic E-state index is 14.4. The Morgan fingerprint density at radius 1 is 1.15 bits per heavy atom. The molecule has 0 spiro atoms. The van der Waals surface area contributed by atoms with Crippen molar-refractivity contribution in [2.45, 2.75) is 44.1 Å². The normalized spacial score (nSPS) is 16.4. The van der Waals surface area contributed by atoms with E-state index >= 15 is 0 Å². The number of rotatable bonds is 9. The molecule has 1 fully saturated rings. The average molecular weight is 560 g/mol. The van der Waals surface area contributed by atoms with Gasteiger partial charge in [0.15, 0.2) is 17.2 Å². The molecule has 0 bridgehead atoms. The highest BCUT2D eigenvalue weighted by molar-refractivity contribution is 5.88. The van der Waals surface area contributed by atoms with E-state index in [1.165, 1.54) is 36.1 Å². The number of halogens is 3. The zero-order valence-corrected chi connectivity index (χ0v) is 22.6. The smallest absolute Gasteiger partial charge is 0.422 e. The second kappa shape index (κ2) is 11.8. The summed E-state index contributed by atoms with van der Waals surface area (Å²) in [6, 6.07) is 9.59. The van der Waals surface area contributed by atoms with E-state index in [1.54, 1.807) is 37.1 Å². The van der Waals surface area contributed by atoms with Crippen LogP contribution in [-0.4, -0.2) is 66.2 Å². The van der Waals surface area contributed by atoms with Crippen LogP contribution >= 0.6 is 0 Å². The summed E-state index contributed by atoms with van der Waals surface area (Å²) in [5.74, 6) is 0.587. The first-order chi connectivity index (χ1) is 19.0. The van der Waals surface area contributed by atoms with Gasteiger partial charge in [0, 0.05) is 49.3 Å². The molecular formula is C29H32F3N3O5. The number of aliphatic hydroxyl groups is 1. The van der Waals surface area contributed by atoms with Gasteiger partial charge in [-0.2, -0.15) is 13.2 Å². The van der Waals surface area contributed by atoms with Crippen molar-refractivity contribution >= 4 is 22.6 Å². The minimum atomic E-state index is -4.92. The molecule has 8 nitrogen and oxygen atoms in total. The molecule has 1 aromatic heterocycles. The van der Waals surface area contributed by atoms with Gasteiger partial charge >= 0.3 is 12.1 Å².